The van der Waals surface area contributed by atoms with E-state index in [1.807, 2.05) is 6.92 Å². The molecule has 2 aromatic rings. The fourth-order valence-electron chi connectivity index (χ4n) is 2.65. The van der Waals surface area contributed by atoms with Crippen molar-refractivity contribution >= 4 is 23.3 Å². The number of nitrogens with one attached hydrogen (secondary N) is 3. The number of nitrogens with zero attached hydrogens (tertiary/aromatic N) is 1. The van der Waals surface area contributed by atoms with E-state index in [1.165, 1.54) is 23.3 Å². The Morgan fingerprint density at radius 1 is 1.04 bits per heavy atom. The molecule has 0 heterocycles. The van der Waals surface area contributed by atoms with Gasteiger partial charge in [0.15, 0.2) is 11.4 Å². The maximum absolute atomic E-state index is 11.3. The highest BCUT2D eigenvalue weighted by Gasteiger charge is 2.13. The molecule has 0 aliphatic rings. The van der Waals surface area contributed by atoms with Gasteiger partial charge >= 0.3 is 0 Å². The van der Waals surface area contributed by atoms with Gasteiger partial charge in [0.05, 0.1) is 6.07 Å². The van der Waals surface area contributed by atoms with E-state index in [0.29, 0.717) is 5.92 Å². The van der Waals surface area contributed by atoms with Crippen LogP contribution in [0.4, 0.5) is 17.1 Å². The SMILES string of the molecule is CC(C=NNc1ccc([NH+]([O-])O)cc1[NH+]([O-])O)Cc1ccc(C(C)C)cc1. The van der Waals surface area contributed by atoms with Gasteiger partial charge < -0.3 is 10.4 Å². The molecule has 2 rings (SSSR count). The summed E-state index contributed by atoms with van der Waals surface area (Å²) in [5, 5.41) is 42.3. The van der Waals surface area contributed by atoms with Gasteiger partial charge in [0.25, 0.3) is 0 Å². The van der Waals surface area contributed by atoms with Crippen molar-refractivity contribution in [3.8, 4) is 0 Å². The van der Waals surface area contributed by atoms with Crippen molar-refractivity contribution in [2.45, 2.75) is 33.1 Å². The van der Waals surface area contributed by atoms with Crippen molar-refractivity contribution < 1.29 is 20.9 Å². The number of hydrazone groups is 1. The minimum absolute atomic E-state index is 0.0832. The molecule has 5 N–H and O–H groups in total. The minimum Gasteiger partial charge on any atom is -0.595 e. The molecule has 0 radical (unpaired) electrons. The summed E-state index contributed by atoms with van der Waals surface area (Å²) in [7, 11) is 0. The van der Waals surface area contributed by atoms with E-state index in [-0.39, 0.29) is 23.0 Å². The zero-order chi connectivity index (χ0) is 20.0. The van der Waals surface area contributed by atoms with Crippen molar-refractivity contribution in [1.82, 2.24) is 0 Å². The van der Waals surface area contributed by atoms with Crippen LogP contribution in [0.2, 0.25) is 0 Å². The third-order valence-corrected chi connectivity index (χ3v) is 4.22. The molecule has 0 aromatic heterocycles. The van der Waals surface area contributed by atoms with E-state index in [1.54, 1.807) is 6.21 Å². The normalized spacial score (nSPS) is 15.1. The lowest BCUT2D eigenvalue weighted by molar-refractivity contribution is -0.996. The van der Waals surface area contributed by atoms with Crippen molar-refractivity contribution in [2.75, 3.05) is 5.43 Å². The van der Waals surface area contributed by atoms with Gasteiger partial charge in [0, 0.05) is 12.3 Å². The monoisotopic (exact) mass is 374 g/mol. The van der Waals surface area contributed by atoms with E-state index in [9.17, 15) is 15.6 Å². The fraction of sp³-hybridized carbons (Fsp3) is 0.316. The average Bonchev–Trinajstić information content (AvgIpc) is 2.62. The second-order valence-corrected chi connectivity index (χ2v) is 6.84. The molecule has 3 atom stereocenters. The van der Waals surface area contributed by atoms with Crippen molar-refractivity contribution in [3.63, 3.8) is 0 Å². The quantitative estimate of drug-likeness (QED) is 0.357. The van der Waals surface area contributed by atoms with Crippen molar-refractivity contribution in [1.29, 1.82) is 0 Å². The van der Waals surface area contributed by atoms with Crippen LogP contribution in [0.3, 0.4) is 0 Å². The first-order valence-electron chi connectivity index (χ1n) is 8.76. The van der Waals surface area contributed by atoms with Gasteiger partial charge in [-0.2, -0.15) is 15.6 Å². The third kappa shape index (κ3) is 6.10. The standard InChI is InChI=1S/C19H26N4O4/c1-13(2)16-6-4-15(5-7-16)10-14(3)12-20-21-18-9-8-17(22(24)25)11-19(18)23(26)27/h4-9,11-14,21-24,26H,10H2,1-3H3. The molecular weight excluding hydrogens is 348 g/mol. The first-order chi connectivity index (χ1) is 12.8. The molecule has 146 valence electrons. The Morgan fingerprint density at radius 2 is 1.70 bits per heavy atom. The molecule has 0 amide bonds. The highest BCUT2D eigenvalue weighted by Crippen LogP contribution is 2.21. The van der Waals surface area contributed by atoms with Gasteiger partial charge in [-0.15, -0.1) is 0 Å². The number of hydrogen-bond acceptors (Lipinski definition) is 6. The third-order valence-electron chi connectivity index (χ3n) is 4.22. The van der Waals surface area contributed by atoms with E-state index in [4.69, 9.17) is 5.21 Å². The zero-order valence-electron chi connectivity index (χ0n) is 15.6. The van der Waals surface area contributed by atoms with Crippen LogP contribution in [0.5, 0.6) is 0 Å². The molecule has 0 fully saturated rings. The smallest absolute Gasteiger partial charge is 0.195 e. The lowest BCUT2D eigenvalue weighted by Crippen LogP contribution is -3.00. The van der Waals surface area contributed by atoms with Crippen LogP contribution in [-0.4, -0.2) is 16.6 Å². The molecule has 0 aliphatic carbocycles. The first-order valence-corrected chi connectivity index (χ1v) is 8.76. The lowest BCUT2D eigenvalue weighted by atomic mass is 9.97. The largest absolute Gasteiger partial charge is 0.595 e. The molecule has 27 heavy (non-hydrogen) atoms. The highest BCUT2D eigenvalue weighted by atomic mass is 16.8. The van der Waals surface area contributed by atoms with Crippen LogP contribution in [0, 0.1) is 16.3 Å². The highest BCUT2D eigenvalue weighted by molar-refractivity contribution is 5.68. The van der Waals surface area contributed by atoms with Gasteiger partial charge in [0.2, 0.25) is 0 Å². The Kier molecular flexibility index (Phi) is 7.43. The van der Waals surface area contributed by atoms with Crippen LogP contribution in [0.25, 0.3) is 0 Å². The number of benzene rings is 2. The van der Waals surface area contributed by atoms with Crippen molar-refractivity contribution in [3.05, 3.63) is 64.0 Å². The molecule has 2 aromatic carbocycles. The van der Waals surface area contributed by atoms with Crippen LogP contribution in [-0.2, 0) is 6.42 Å². The summed E-state index contributed by atoms with van der Waals surface area (Å²) in [6, 6.07) is 12.3. The summed E-state index contributed by atoms with van der Waals surface area (Å²) in [5.41, 5.74) is 5.23. The summed E-state index contributed by atoms with van der Waals surface area (Å²) in [5.74, 6) is 0.646. The summed E-state index contributed by atoms with van der Waals surface area (Å²) in [6.07, 6.45) is 2.53. The van der Waals surface area contributed by atoms with Gasteiger partial charge in [-0.1, -0.05) is 45.0 Å². The summed E-state index contributed by atoms with van der Waals surface area (Å²) in [4.78, 5) is 0. The molecule has 8 nitrogen and oxygen atoms in total. The summed E-state index contributed by atoms with van der Waals surface area (Å²) in [6.45, 7) is 6.34. The maximum Gasteiger partial charge on any atom is 0.195 e. The Labute approximate surface area is 158 Å². The topological polar surface area (TPSA) is 120 Å². The maximum atomic E-state index is 11.3. The molecule has 0 aliphatic heterocycles. The van der Waals surface area contributed by atoms with Crippen LogP contribution >= 0.6 is 0 Å². The van der Waals surface area contributed by atoms with E-state index < -0.39 is 10.5 Å². The predicted octanol–water partition coefficient (Wildman–Crippen LogP) is 1.89. The minimum atomic E-state index is -1.21. The Balaban J connectivity index is 1.99. The fourth-order valence-corrected chi connectivity index (χ4v) is 2.65. The number of anilines is 1. The van der Waals surface area contributed by atoms with Crippen LogP contribution in [0.15, 0.2) is 47.6 Å². The summed E-state index contributed by atoms with van der Waals surface area (Å²) < 4.78 is 0. The second-order valence-electron chi connectivity index (χ2n) is 6.84. The van der Waals surface area contributed by atoms with Gasteiger partial charge in [-0.3, -0.25) is 5.43 Å². The zero-order valence-corrected chi connectivity index (χ0v) is 15.6. The van der Waals surface area contributed by atoms with Gasteiger partial charge in [-0.05, 0) is 35.4 Å². The second kappa shape index (κ2) is 9.56. The van der Waals surface area contributed by atoms with Crippen molar-refractivity contribution in [2.24, 2.45) is 11.0 Å². The lowest BCUT2D eigenvalue weighted by Gasteiger charge is -2.18. The van der Waals surface area contributed by atoms with E-state index in [0.717, 1.165) is 12.5 Å². The molecule has 3 unspecified atom stereocenters. The molecule has 0 saturated carbocycles. The first kappa shape index (κ1) is 21.0. The van der Waals surface area contributed by atoms with Crippen LogP contribution < -0.4 is 15.9 Å². The number of rotatable bonds is 8. The Morgan fingerprint density at radius 3 is 2.26 bits per heavy atom. The van der Waals surface area contributed by atoms with Crippen LogP contribution in [0.1, 0.15) is 37.8 Å². The Bertz CT molecular complexity index is 761. The molecule has 8 heteroatoms. The Hall–Kier alpha value is -2.33. The van der Waals surface area contributed by atoms with Gasteiger partial charge in [-0.25, -0.2) is 10.4 Å². The molecular formula is C19H26N4O4. The van der Waals surface area contributed by atoms with E-state index >= 15 is 0 Å². The predicted molar refractivity (Wildman–Crippen MR) is 104 cm³/mol. The molecule has 0 saturated heterocycles. The number of hydrogen-bond donors (Lipinski definition) is 5. The molecule has 0 spiro atoms. The number of quaternary nitrogens is 2. The van der Waals surface area contributed by atoms with E-state index in [2.05, 4.69) is 48.6 Å². The average molecular weight is 374 g/mol. The summed E-state index contributed by atoms with van der Waals surface area (Å²) >= 11 is 0. The van der Waals surface area contributed by atoms with Gasteiger partial charge in [0.1, 0.15) is 5.69 Å². The molecule has 0 bridgehead atoms.